The van der Waals surface area contributed by atoms with E-state index in [1.807, 2.05) is 0 Å². The molecule has 16 heavy (non-hydrogen) atoms. The van der Waals surface area contributed by atoms with Crippen LogP contribution in [0.5, 0.6) is 0 Å². The van der Waals surface area contributed by atoms with Crippen LogP contribution in [0.15, 0.2) is 18.6 Å². The van der Waals surface area contributed by atoms with Crippen LogP contribution in [0.1, 0.15) is 25.5 Å². The molecule has 1 rings (SSSR count). The molecule has 0 fully saturated rings. The lowest BCUT2D eigenvalue weighted by Gasteiger charge is -2.09. The zero-order chi connectivity index (χ0) is 11.8. The molecule has 0 aliphatic heterocycles. The van der Waals surface area contributed by atoms with Gasteiger partial charge in [-0.25, -0.2) is 0 Å². The highest BCUT2D eigenvalue weighted by Crippen LogP contribution is 2.03. The van der Waals surface area contributed by atoms with E-state index in [2.05, 4.69) is 9.97 Å². The fourth-order valence-electron chi connectivity index (χ4n) is 1.34. The second-order valence-electron chi connectivity index (χ2n) is 3.50. The van der Waals surface area contributed by atoms with Crippen molar-refractivity contribution in [2.24, 2.45) is 5.73 Å². The third kappa shape index (κ3) is 4.84. The maximum atomic E-state index is 11.1. The van der Waals surface area contributed by atoms with Crippen molar-refractivity contribution in [1.82, 2.24) is 9.97 Å². The number of hydrogen-bond donors (Lipinski definition) is 1. The summed E-state index contributed by atoms with van der Waals surface area (Å²) in [6, 6.07) is -0.0823. The number of hydrogen-bond acceptors (Lipinski definition) is 5. The van der Waals surface area contributed by atoms with Gasteiger partial charge in [0.05, 0.1) is 12.3 Å². The first kappa shape index (κ1) is 12.6. The maximum absolute atomic E-state index is 11.1. The largest absolute Gasteiger partial charge is 0.466 e. The van der Waals surface area contributed by atoms with Gasteiger partial charge in [-0.2, -0.15) is 0 Å². The number of aromatic nitrogens is 2. The number of carbonyl (C=O) groups is 1. The summed E-state index contributed by atoms with van der Waals surface area (Å²) in [6.07, 6.45) is 6.53. The maximum Gasteiger partial charge on any atom is 0.305 e. The molecule has 0 aliphatic carbocycles. The molecule has 1 heterocycles. The van der Waals surface area contributed by atoms with E-state index in [1.165, 1.54) is 0 Å². The molecule has 0 saturated carbocycles. The first-order chi connectivity index (χ1) is 7.72. The number of ether oxygens (including phenoxy) is 1. The summed E-state index contributed by atoms with van der Waals surface area (Å²) in [7, 11) is 0. The molecule has 5 nitrogen and oxygen atoms in total. The minimum absolute atomic E-state index is 0.0823. The van der Waals surface area contributed by atoms with Crippen molar-refractivity contribution in [2.45, 2.75) is 32.2 Å². The van der Waals surface area contributed by atoms with Crippen LogP contribution in [-0.4, -0.2) is 28.6 Å². The molecule has 0 bridgehead atoms. The van der Waals surface area contributed by atoms with E-state index >= 15 is 0 Å². The molecule has 0 aliphatic rings. The topological polar surface area (TPSA) is 78.1 Å². The highest BCUT2D eigenvalue weighted by molar-refractivity contribution is 5.69. The van der Waals surface area contributed by atoms with Crippen molar-refractivity contribution in [3.8, 4) is 0 Å². The summed E-state index contributed by atoms with van der Waals surface area (Å²) in [5, 5.41) is 0. The van der Waals surface area contributed by atoms with Gasteiger partial charge in [-0.3, -0.25) is 14.8 Å². The van der Waals surface area contributed by atoms with Gasteiger partial charge in [0.2, 0.25) is 0 Å². The Bertz CT molecular complexity index is 316. The first-order valence-corrected chi connectivity index (χ1v) is 5.38. The lowest BCUT2D eigenvalue weighted by atomic mass is 10.1. The number of nitrogens with two attached hydrogens (primary N) is 1. The highest BCUT2D eigenvalue weighted by atomic mass is 16.5. The monoisotopic (exact) mass is 223 g/mol. The Morgan fingerprint density at radius 3 is 3.00 bits per heavy atom. The third-order valence-corrected chi connectivity index (χ3v) is 2.11. The molecule has 0 aromatic carbocycles. The standard InChI is InChI=1S/C11H17N3O2/c1-2-16-11(15)4-3-9(12)7-10-8-13-5-6-14-10/h5-6,8-9H,2-4,7,12H2,1H3. The third-order valence-electron chi connectivity index (χ3n) is 2.11. The molecule has 0 spiro atoms. The average Bonchev–Trinajstić information content (AvgIpc) is 2.28. The van der Waals surface area contributed by atoms with E-state index in [-0.39, 0.29) is 12.0 Å². The molecule has 2 N–H and O–H groups in total. The molecule has 0 saturated heterocycles. The van der Waals surface area contributed by atoms with E-state index in [1.54, 1.807) is 25.5 Å². The minimum atomic E-state index is -0.197. The van der Waals surface area contributed by atoms with E-state index < -0.39 is 0 Å². The van der Waals surface area contributed by atoms with Crippen LogP contribution in [0.4, 0.5) is 0 Å². The van der Waals surface area contributed by atoms with Crippen LogP contribution < -0.4 is 5.73 Å². The number of rotatable bonds is 6. The zero-order valence-electron chi connectivity index (χ0n) is 9.43. The Balaban J connectivity index is 2.26. The SMILES string of the molecule is CCOC(=O)CCC(N)Cc1cnccn1. The van der Waals surface area contributed by atoms with Crippen LogP contribution in [0, 0.1) is 0 Å². The first-order valence-electron chi connectivity index (χ1n) is 5.38. The Labute approximate surface area is 95.0 Å². The summed E-state index contributed by atoms with van der Waals surface area (Å²) >= 11 is 0. The van der Waals surface area contributed by atoms with Gasteiger partial charge in [0.25, 0.3) is 0 Å². The molecular formula is C11H17N3O2. The van der Waals surface area contributed by atoms with Gasteiger partial charge in [0.15, 0.2) is 0 Å². The van der Waals surface area contributed by atoms with Gasteiger partial charge >= 0.3 is 5.97 Å². The quantitative estimate of drug-likeness (QED) is 0.718. The van der Waals surface area contributed by atoms with Crippen molar-refractivity contribution >= 4 is 5.97 Å². The van der Waals surface area contributed by atoms with Gasteiger partial charge in [-0.05, 0) is 13.3 Å². The normalized spacial score (nSPS) is 12.1. The minimum Gasteiger partial charge on any atom is -0.466 e. The van der Waals surface area contributed by atoms with Crippen LogP contribution >= 0.6 is 0 Å². The summed E-state index contributed by atoms with van der Waals surface area (Å²) in [5.41, 5.74) is 6.72. The summed E-state index contributed by atoms with van der Waals surface area (Å²) in [4.78, 5) is 19.2. The zero-order valence-corrected chi connectivity index (χ0v) is 9.43. The molecule has 1 unspecified atom stereocenters. The molecule has 1 atom stereocenters. The Kier molecular flexibility index (Phi) is 5.42. The fraction of sp³-hybridized carbons (Fsp3) is 0.545. The van der Waals surface area contributed by atoms with Gasteiger partial charge in [0.1, 0.15) is 0 Å². The summed E-state index contributed by atoms with van der Waals surface area (Å²) < 4.78 is 4.82. The fourth-order valence-corrected chi connectivity index (χ4v) is 1.34. The van der Waals surface area contributed by atoms with Gasteiger partial charge in [0, 0.05) is 37.5 Å². The second kappa shape index (κ2) is 6.90. The average molecular weight is 223 g/mol. The Morgan fingerprint density at radius 2 is 2.38 bits per heavy atom. The van der Waals surface area contributed by atoms with Gasteiger partial charge in [-0.1, -0.05) is 0 Å². The number of nitrogens with zero attached hydrogens (tertiary/aromatic N) is 2. The predicted octanol–water partition coefficient (Wildman–Crippen LogP) is 0.690. The molecular weight excluding hydrogens is 206 g/mol. The van der Waals surface area contributed by atoms with E-state index in [0.717, 1.165) is 5.69 Å². The van der Waals surface area contributed by atoms with Crippen LogP contribution in [-0.2, 0) is 16.0 Å². The van der Waals surface area contributed by atoms with Crippen LogP contribution in [0.3, 0.4) is 0 Å². The Morgan fingerprint density at radius 1 is 1.56 bits per heavy atom. The molecule has 0 radical (unpaired) electrons. The van der Waals surface area contributed by atoms with Gasteiger partial charge < -0.3 is 10.5 Å². The lowest BCUT2D eigenvalue weighted by molar-refractivity contribution is -0.143. The molecule has 1 aromatic rings. The van der Waals surface area contributed by atoms with Gasteiger partial charge in [-0.15, -0.1) is 0 Å². The second-order valence-corrected chi connectivity index (χ2v) is 3.50. The van der Waals surface area contributed by atoms with Crippen molar-refractivity contribution in [2.75, 3.05) is 6.61 Å². The smallest absolute Gasteiger partial charge is 0.305 e. The van der Waals surface area contributed by atoms with Crippen molar-refractivity contribution in [3.63, 3.8) is 0 Å². The van der Waals surface area contributed by atoms with Crippen molar-refractivity contribution in [3.05, 3.63) is 24.3 Å². The Hall–Kier alpha value is -1.49. The molecule has 1 aromatic heterocycles. The molecule has 5 heteroatoms. The number of esters is 1. The van der Waals surface area contributed by atoms with E-state index in [0.29, 0.717) is 25.9 Å². The highest BCUT2D eigenvalue weighted by Gasteiger charge is 2.09. The van der Waals surface area contributed by atoms with Crippen LogP contribution in [0.25, 0.3) is 0 Å². The van der Waals surface area contributed by atoms with E-state index in [4.69, 9.17) is 10.5 Å². The van der Waals surface area contributed by atoms with E-state index in [9.17, 15) is 4.79 Å². The molecule has 88 valence electrons. The predicted molar refractivity (Wildman–Crippen MR) is 59.6 cm³/mol. The van der Waals surface area contributed by atoms with Crippen molar-refractivity contribution in [1.29, 1.82) is 0 Å². The number of carbonyl (C=O) groups excluding carboxylic acids is 1. The lowest BCUT2D eigenvalue weighted by Crippen LogP contribution is -2.24. The van der Waals surface area contributed by atoms with Crippen LogP contribution in [0.2, 0.25) is 0 Å². The van der Waals surface area contributed by atoms with Crippen molar-refractivity contribution < 1.29 is 9.53 Å². The molecule has 0 amide bonds. The summed E-state index contributed by atoms with van der Waals surface area (Å²) in [5.74, 6) is -0.197. The summed E-state index contributed by atoms with van der Waals surface area (Å²) in [6.45, 7) is 2.20.